The van der Waals surface area contributed by atoms with E-state index in [0.29, 0.717) is 11.4 Å². The van der Waals surface area contributed by atoms with Crippen molar-refractivity contribution in [3.63, 3.8) is 0 Å². The summed E-state index contributed by atoms with van der Waals surface area (Å²) in [7, 11) is -1.75. The van der Waals surface area contributed by atoms with Gasteiger partial charge < -0.3 is 10.2 Å². The third-order valence-corrected chi connectivity index (χ3v) is 2.57. The molecule has 78 valence electrons. The van der Waals surface area contributed by atoms with Crippen LogP contribution in [0.2, 0.25) is 19.6 Å². The van der Waals surface area contributed by atoms with Gasteiger partial charge in [0.2, 0.25) is 8.32 Å². The SMILES string of the molecule is Cc1cc(O[Si](C)(C)C)c(F)cc1N. The first kappa shape index (κ1) is 11.0. The van der Waals surface area contributed by atoms with E-state index in [1.54, 1.807) is 6.07 Å². The van der Waals surface area contributed by atoms with E-state index in [9.17, 15) is 4.39 Å². The molecule has 2 nitrogen and oxygen atoms in total. The molecule has 0 fully saturated rings. The molecule has 0 aliphatic heterocycles. The van der Waals surface area contributed by atoms with Gasteiger partial charge in [-0.3, -0.25) is 0 Å². The molecule has 0 bridgehead atoms. The monoisotopic (exact) mass is 213 g/mol. The Morgan fingerprint density at radius 3 is 2.36 bits per heavy atom. The molecular formula is C10H16FNOSi. The van der Waals surface area contributed by atoms with E-state index in [1.807, 2.05) is 26.6 Å². The van der Waals surface area contributed by atoms with Crippen molar-refractivity contribution < 1.29 is 8.82 Å². The average Bonchev–Trinajstić information content (AvgIpc) is 1.97. The molecule has 4 heteroatoms. The van der Waals surface area contributed by atoms with E-state index in [1.165, 1.54) is 6.07 Å². The van der Waals surface area contributed by atoms with Crippen molar-refractivity contribution in [1.82, 2.24) is 0 Å². The molecule has 0 aliphatic carbocycles. The normalized spacial score (nSPS) is 11.5. The highest BCUT2D eigenvalue weighted by Gasteiger charge is 2.18. The van der Waals surface area contributed by atoms with Gasteiger partial charge in [0.15, 0.2) is 5.82 Å². The van der Waals surface area contributed by atoms with Gasteiger partial charge in [-0.05, 0) is 38.2 Å². The maximum atomic E-state index is 13.4. The van der Waals surface area contributed by atoms with Crippen LogP contribution in [0.25, 0.3) is 0 Å². The average molecular weight is 213 g/mol. The van der Waals surface area contributed by atoms with Crippen LogP contribution in [-0.4, -0.2) is 8.32 Å². The molecule has 0 radical (unpaired) electrons. The summed E-state index contributed by atoms with van der Waals surface area (Å²) in [5.74, 6) is -0.0635. The lowest BCUT2D eigenvalue weighted by Gasteiger charge is -2.20. The van der Waals surface area contributed by atoms with Gasteiger partial charge in [0, 0.05) is 11.8 Å². The molecule has 14 heavy (non-hydrogen) atoms. The molecule has 0 atom stereocenters. The van der Waals surface area contributed by atoms with Crippen LogP contribution in [0.3, 0.4) is 0 Å². The molecule has 0 aromatic heterocycles. The molecule has 0 aliphatic rings. The van der Waals surface area contributed by atoms with Gasteiger partial charge in [0.1, 0.15) is 5.75 Å². The highest BCUT2D eigenvalue weighted by Crippen LogP contribution is 2.25. The molecule has 1 rings (SSSR count). The molecule has 0 heterocycles. The quantitative estimate of drug-likeness (QED) is 0.605. The van der Waals surface area contributed by atoms with Crippen LogP contribution in [0.4, 0.5) is 10.1 Å². The van der Waals surface area contributed by atoms with Gasteiger partial charge >= 0.3 is 0 Å². The Kier molecular flexibility index (Phi) is 2.85. The zero-order chi connectivity index (χ0) is 10.9. The first-order chi connectivity index (χ1) is 6.29. The highest BCUT2D eigenvalue weighted by molar-refractivity contribution is 6.70. The standard InChI is InChI=1S/C10H16FNOSi/c1-7-5-10(13-14(2,3)4)8(11)6-9(7)12/h5-6H,12H2,1-4H3. The molecule has 0 unspecified atom stereocenters. The predicted molar refractivity (Wildman–Crippen MR) is 59.5 cm³/mol. The number of halogens is 1. The molecule has 1 aromatic rings. The maximum Gasteiger partial charge on any atom is 0.242 e. The second-order valence-corrected chi connectivity index (χ2v) is 8.78. The van der Waals surface area contributed by atoms with Gasteiger partial charge in [-0.15, -0.1) is 0 Å². The largest absolute Gasteiger partial charge is 0.542 e. The topological polar surface area (TPSA) is 35.2 Å². The summed E-state index contributed by atoms with van der Waals surface area (Å²) in [4.78, 5) is 0. The minimum absolute atomic E-state index is 0.316. The molecular weight excluding hydrogens is 197 g/mol. The van der Waals surface area contributed by atoms with Gasteiger partial charge in [0.05, 0.1) is 0 Å². The maximum absolute atomic E-state index is 13.4. The van der Waals surface area contributed by atoms with Gasteiger partial charge in [0.25, 0.3) is 0 Å². The van der Waals surface area contributed by atoms with Crippen molar-refractivity contribution in [2.24, 2.45) is 0 Å². The Morgan fingerprint density at radius 2 is 1.86 bits per heavy atom. The molecule has 0 saturated heterocycles. The number of nitrogens with two attached hydrogens (primary N) is 1. The minimum Gasteiger partial charge on any atom is -0.542 e. The number of rotatable bonds is 2. The lowest BCUT2D eigenvalue weighted by atomic mass is 10.2. The van der Waals surface area contributed by atoms with Crippen LogP contribution < -0.4 is 10.2 Å². The molecule has 0 amide bonds. The Morgan fingerprint density at radius 1 is 1.29 bits per heavy atom. The number of nitrogen functional groups attached to an aromatic ring is 1. The first-order valence-corrected chi connectivity index (χ1v) is 7.95. The number of anilines is 1. The fourth-order valence-electron chi connectivity index (χ4n) is 1.08. The van der Waals surface area contributed by atoms with Crippen molar-refractivity contribution in [2.45, 2.75) is 26.6 Å². The lowest BCUT2D eigenvalue weighted by Crippen LogP contribution is -2.29. The number of aryl methyl sites for hydroxylation is 1. The minimum atomic E-state index is -1.75. The molecule has 1 aromatic carbocycles. The zero-order valence-corrected chi connectivity index (χ0v) is 10.0. The summed E-state index contributed by atoms with van der Waals surface area (Å²) >= 11 is 0. The van der Waals surface area contributed by atoms with Crippen LogP contribution >= 0.6 is 0 Å². The van der Waals surface area contributed by atoms with E-state index >= 15 is 0 Å². The molecule has 0 saturated carbocycles. The van der Waals surface area contributed by atoms with E-state index in [0.717, 1.165) is 5.56 Å². The fraction of sp³-hybridized carbons (Fsp3) is 0.400. The van der Waals surface area contributed by atoms with Crippen LogP contribution in [0.5, 0.6) is 5.75 Å². The lowest BCUT2D eigenvalue weighted by molar-refractivity contribution is 0.495. The van der Waals surface area contributed by atoms with Crippen LogP contribution in [-0.2, 0) is 0 Å². The predicted octanol–water partition coefficient (Wildman–Crippen LogP) is 2.93. The van der Waals surface area contributed by atoms with E-state index in [-0.39, 0.29) is 5.82 Å². The van der Waals surface area contributed by atoms with Gasteiger partial charge in [-0.25, -0.2) is 4.39 Å². The number of hydrogen-bond acceptors (Lipinski definition) is 2. The van der Waals surface area contributed by atoms with Crippen LogP contribution in [0.15, 0.2) is 12.1 Å². The van der Waals surface area contributed by atoms with Crippen molar-refractivity contribution in [1.29, 1.82) is 0 Å². The van der Waals surface area contributed by atoms with Crippen molar-refractivity contribution >= 4 is 14.0 Å². The summed E-state index contributed by atoms with van der Waals surface area (Å²) in [5.41, 5.74) is 6.88. The first-order valence-electron chi connectivity index (χ1n) is 4.54. The van der Waals surface area contributed by atoms with Crippen molar-refractivity contribution in [3.05, 3.63) is 23.5 Å². The summed E-state index contributed by atoms with van der Waals surface area (Å²) < 4.78 is 19.0. The number of benzene rings is 1. The van der Waals surface area contributed by atoms with E-state index in [4.69, 9.17) is 10.2 Å². The summed E-state index contributed by atoms with van der Waals surface area (Å²) in [5, 5.41) is 0. The Bertz CT molecular complexity index is 347. The summed E-state index contributed by atoms with van der Waals surface area (Å²) in [6.45, 7) is 7.88. The third-order valence-electron chi connectivity index (χ3n) is 1.74. The number of hydrogen-bond donors (Lipinski definition) is 1. The third kappa shape index (κ3) is 2.73. The molecule has 2 N–H and O–H groups in total. The highest BCUT2D eigenvalue weighted by atomic mass is 28.4. The van der Waals surface area contributed by atoms with Gasteiger partial charge in [-0.2, -0.15) is 0 Å². The fourth-order valence-corrected chi connectivity index (χ4v) is 1.89. The Balaban J connectivity index is 3.04. The van der Waals surface area contributed by atoms with E-state index in [2.05, 4.69) is 0 Å². The summed E-state index contributed by atoms with van der Waals surface area (Å²) in [6.07, 6.45) is 0. The Hall–Kier alpha value is -1.03. The van der Waals surface area contributed by atoms with Gasteiger partial charge in [-0.1, -0.05) is 0 Å². The van der Waals surface area contributed by atoms with Crippen LogP contribution in [0, 0.1) is 12.7 Å². The smallest absolute Gasteiger partial charge is 0.242 e. The van der Waals surface area contributed by atoms with E-state index < -0.39 is 8.32 Å². The van der Waals surface area contributed by atoms with Crippen molar-refractivity contribution in [3.8, 4) is 5.75 Å². The molecule has 0 spiro atoms. The zero-order valence-electron chi connectivity index (χ0n) is 9.02. The van der Waals surface area contributed by atoms with Crippen molar-refractivity contribution in [2.75, 3.05) is 5.73 Å². The summed E-state index contributed by atoms with van der Waals surface area (Å²) in [6, 6.07) is 2.97. The second-order valence-electron chi connectivity index (χ2n) is 4.35. The Labute approximate surface area is 85.0 Å². The van der Waals surface area contributed by atoms with Crippen LogP contribution in [0.1, 0.15) is 5.56 Å². The second kappa shape index (κ2) is 3.61.